The summed E-state index contributed by atoms with van der Waals surface area (Å²) in [5.41, 5.74) is 6.17. The molecule has 0 bridgehead atoms. The number of hydrogen-bond donors (Lipinski definition) is 3. The van der Waals surface area contributed by atoms with Crippen molar-refractivity contribution in [1.29, 1.82) is 5.41 Å². The normalized spacial score (nSPS) is 10.6. The molecule has 0 aliphatic carbocycles. The number of thiol groups is 1. The average Bonchev–Trinajstić information content (AvgIpc) is 3.24. The third-order valence-electron chi connectivity index (χ3n) is 4.67. The molecule has 0 fully saturated rings. The third kappa shape index (κ3) is 4.15. The summed E-state index contributed by atoms with van der Waals surface area (Å²) in [6.07, 6.45) is 5.97. The van der Waals surface area contributed by atoms with Gasteiger partial charge in [0.05, 0.1) is 0 Å². The number of aromatic nitrogens is 3. The van der Waals surface area contributed by atoms with Gasteiger partial charge >= 0.3 is 163 Å². The van der Waals surface area contributed by atoms with Gasteiger partial charge in [-0.15, -0.1) is 12.6 Å². The summed E-state index contributed by atoms with van der Waals surface area (Å²) in [4.78, 5) is 5.08. The Morgan fingerprint density at radius 2 is 2.00 bits per heavy atom. The van der Waals surface area contributed by atoms with Crippen LogP contribution in [0.4, 0.5) is 11.4 Å². The van der Waals surface area contributed by atoms with Crippen molar-refractivity contribution in [3.8, 4) is 16.9 Å². The van der Waals surface area contributed by atoms with Gasteiger partial charge < -0.3 is 0 Å². The second kappa shape index (κ2) is 8.45. The van der Waals surface area contributed by atoms with Gasteiger partial charge in [0.1, 0.15) is 0 Å². The average molecular weight is 397 g/mol. The summed E-state index contributed by atoms with van der Waals surface area (Å²) in [7, 11) is 0. The maximum absolute atomic E-state index is 8.35. The summed E-state index contributed by atoms with van der Waals surface area (Å²) in [5.74, 6) is 1.96. The van der Waals surface area contributed by atoms with E-state index in [1.165, 1.54) is 0 Å². The molecular weight excluding hydrogens is 377 g/mol. The molecule has 4 aromatic rings. The summed E-state index contributed by atoms with van der Waals surface area (Å²) in [6, 6.07) is 16.0. The Hall–Kier alpha value is -3.19. The number of benzene rings is 2. The molecule has 0 spiro atoms. The summed E-state index contributed by atoms with van der Waals surface area (Å²) < 4.78 is 1.90. The van der Waals surface area contributed by atoms with Gasteiger partial charge in [0.15, 0.2) is 0 Å². The fourth-order valence-electron chi connectivity index (χ4n) is 3.17. The van der Waals surface area contributed by atoms with Crippen LogP contribution < -0.4 is 5.32 Å². The van der Waals surface area contributed by atoms with Crippen molar-refractivity contribution in [3.05, 3.63) is 78.5 Å². The molecule has 0 saturated carbocycles. The molecule has 0 atom stereocenters. The summed E-state index contributed by atoms with van der Waals surface area (Å²) >= 11 is 4.36. The molecule has 5 nitrogen and oxygen atoms in total. The number of hydrogen-bond acceptors (Lipinski definition) is 5. The number of rotatable bonds is 6. The van der Waals surface area contributed by atoms with Gasteiger partial charge in [0, 0.05) is 0 Å². The zero-order valence-corrected chi connectivity index (χ0v) is 16.9. The molecule has 29 heavy (non-hydrogen) atoms. The van der Waals surface area contributed by atoms with Crippen molar-refractivity contribution in [2.24, 2.45) is 0 Å². The van der Waals surface area contributed by atoms with Crippen LogP contribution in [0, 0.1) is 5.41 Å². The van der Waals surface area contributed by atoms with Crippen LogP contribution in [0.3, 0.4) is 0 Å². The van der Waals surface area contributed by atoms with Gasteiger partial charge in [-0.05, 0) is 0 Å². The van der Waals surface area contributed by atoms with Crippen LogP contribution in [-0.2, 0) is 0 Å². The van der Waals surface area contributed by atoms with Crippen molar-refractivity contribution in [3.63, 3.8) is 0 Å². The molecule has 2 N–H and O–H groups in total. The van der Waals surface area contributed by atoms with Crippen LogP contribution in [0.15, 0.2) is 77.9 Å². The van der Waals surface area contributed by atoms with Gasteiger partial charge in [-0.1, -0.05) is 0 Å². The Kier molecular flexibility index (Phi) is 5.58. The fourth-order valence-corrected chi connectivity index (χ4v) is 3.32. The molecule has 2 heterocycles. The Morgan fingerprint density at radius 1 is 1.17 bits per heavy atom. The van der Waals surface area contributed by atoms with Crippen molar-refractivity contribution in [2.45, 2.75) is 18.2 Å². The SMILES string of the molecule is CCC(=N)c1ccc(-c2ccnn2-c2ccc(S)cc2)cc1Nc1cbcnc1. The van der Waals surface area contributed by atoms with E-state index in [0.717, 1.165) is 38.8 Å². The van der Waals surface area contributed by atoms with Gasteiger partial charge in [0.25, 0.3) is 0 Å². The van der Waals surface area contributed by atoms with Gasteiger partial charge in [-0.3, -0.25) is 0 Å². The minimum atomic E-state index is 0.584. The molecule has 2 aromatic carbocycles. The standard InChI is InChI=1S/C22H20BN5S/c1-2-20(24)19-8-3-15(11-21(19)27-16-12-23-14-25-13-16)22-9-10-26-28(22)17-4-6-18(29)7-5-17/h3-14,24,27,29H,2H2,1H3. The van der Waals surface area contributed by atoms with E-state index in [2.05, 4.69) is 34.1 Å². The van der Waals surface area contributed by atoms with E-state index in [1.54, 1.807) is 18.5 Å². The van der Waals surface area contributed by atoms with Gasteiger partial charge in [0.2, 0.25) is 0 Å². The quantitative estimate of drug-likeness (QED) is 0.314. The Labute approximate surface area is 176 Å². The molecule has 0 radical (unpaired) electrons. The molecular formula is C22H20BN5S. The molecule has 0 saturated heterocycles. The zero-order chi connectivity index (χ0) is 20.2. The number of anilines is 2. The van der Waals surface area contributed by atoms with Crippen LogP contribution in [0.25, 0.3) is 16.9 Å². The van der Waals surface area contributed by atoms with Crippen LogP contribution in [0.1, 0.15) is 18.9 Å². The van der Waals surface area contributed by atoms with E-state index in [9.17, 15) is 0 Å². The molecule has 4 rings (SSSR count). The Balaban J connectivity index is 1.78. The maximum atomic E-state index is 8.35. The number of nitrogens with one attached hydrogen (secondary N) is 2. The fraction of sp³-hybridized carbons (Fsp3) is 0.0909. The van der Waals surface area contributed by atoms with E-state index in [1.807, 2.05) is 66.9 Å². The first kappa shape index (κ1) is 19.1. The first-order valence-corrected chi connectivity index (χ1v) is 9.83. The molecule has 0 amide bonds. The first-order chi connectivity index (χ1) is 14.2. The molecule has 0 aliphatic rings. The van der Waals surface area contributed by atoms with Crippen molar-refractivity contribution < 1.29 is 0 Å². The van der Waals surface area contributed by atoms with E-state index < -0.39 is 0 Å². The van der Waals surface area contributed by atoms with Crippen LogP contribution in [-0.4, -0.2) is 27.4 Å². The van der Waals surface area contributed by atoms with Gasteiger partial charge in [-0.2, -0.15) is 0 Å². The summed E-state index contributed by atoms with van der Waals surface area (Å²) in [6.45, 7) is 3.88. The van der Waals surface area contributed by atoms with Crippen LogP contribution >= 0.6 is 12.6 Å². The molecule has 0 aliphatic heterocycles. The second-order valence-corrected chi connectivity index (χ2v) is 7.12. The monoisotopic (exact) mass is 397 g/mol. The zero-order valence-electron chi connectivity index (χ0n) is 16.0. The van der Waals surface area contributed by atoms with E-state index in [4.69, 9.17) is 5.41 Å². The molecule has 7 heteroatoms. The van der Waals surface area contributed by atoms with Crippen molar-refractivity contribution >= 4 is 36.6 Å². The number of nitrogens with zero attached hydrogens (tertiary/aromatic N) is 3. The van der Waals surface area contributed by atoms with Crippen molar-refractivity contribution in [2.75, 3.05) is 5.32 Å². The summed E-state index contributed by atoms with van der Waals surface area (Å²) in [5, 5.41) is 16.3. The predicted molar refractivity (Wildman–Crippen MR) is 122 cm³/mol. The Bertz CT molecular complexity index is 1140. The van der Waals surface area contributed by atoms with Crippen LogP contribution in [0.2, 0.25) is 0 Å². The molecule has 2 aromatic heterocycles. The topological polar surface area (TPSA) is 66.6 Å². The van der Waals surface area contributed by atoms with Crippen molar-refractivity contribution in [1.82, 2.24) is 14.8 Å². The Morgan fingerprint density at radius 3 is 2.72 bits per heavy atom. The molecule has 0 unspecified atom stereocenters. The van der Waals surface area contributed by atoms with E-state index >= 15 is 0 Å². The minimum absolute atomic E-state index is 0.584. The second-order valence-electron chi connectivity index (χ2n) is 6.60. The third-order valence-corrected chi connectivity index (χ3v) is 4.97. The first-order valence-electron chi connectivity index (χ1n) is 9.38. The molecule has 142 valence electrons. The van der Waals surface area contributed by atoms with Gasteiger partial charge in [-0.25, -0.2) is 0 Å². The van der Waals surface area contributed by atoms with E-state index in [-0.39, 0.29) is 0 Å². The predicted octanol–water partition coefficient (Wildman–Crippen LogP) is 5.08. The van der Waals surface area contributed by atoms with Crippen LogP contribution in [0.5, 0.6) is 0 Å². The van der Waals surface area contributed by atoms with E-state index in [0.29, 0.717) is 12.1 Å².